The molecule has 0 amide bonds. The lowest BCUT2D eigenvalue weighted by molar-refractivity contribution is 0.144. The third-order valence-electron chi connectivity index (χ3n) is 2.75. The van der Waals surface area contributed by atoms with E-state index < -0.39 is 0 Å². The van der Waals surface area contributed by atoms with Gasteiger partial charge in [0.05, 0.1) is 5.52 Å². The first-order valence-electron chi connectivity index (χ1n) is 6.43. The number of para-hydroxylation sites is 1. The fraction of sp³-hybridized carbons (Fsp3) is 0.429. The van der Waals surface area contributed by atoms with Crippen LogP contribution in [0.2, 0.25) is 0 Å². The van der Waals surface area contributed by atoms with Crippen LogP contribution >= 0.6 is 0 Å². The molecule has 1 N–H and O–H groups in total. The third kappa shape index (κ3) is 3.40. The second-order valence-corrected chi connectivity index (χ2v) is 4.07. The van der Waals surface area contributed by atoms with Gasteiger partial charge in [-0.25, -0.2) is 9.97 Å². The molecular formula is C14H19N3O. The summed E-state index contributed by atoms with van der Waals surface area (Å²) < 4.78 is 5.30. The molecule has 0 spiro atoms. The minimum absolute atomic E-state index is 0.796. The van der Waals surface area contributed by atoms with E-state index in [0.717, 1.165) is 49.3 Å². The minimum Gasteiger partial charge on any atom is -0.382 e. The fourth-order valence-corrected chi connectivity index (χ4v) is 1.83. The van der Waals surface area contributed by atoms with Gasteiger partial charge in [-0.1, -0.05) is 12.1 Å². The van der Waals surface area contributed by atoms with Crippen LogP contribution in [-0.4, -0.2) is 29.7 Å². The number of anilines is 1. The number of fused-ring (bicyclic) bond motifs is 1. The Morgan fingerprint density at radius 3 is 2.94 bits per heavy atom. The second-order valence-electron chi connectivity index (χ2n) is 4.07. The van der Waals surface area contributed by atoms with E-state index in [1.54, 1.807) is 6.33 Å². The highest BCUT2D eigenvalue weighted by Crippen LogP contribution is 2.18. The van der Waals surface area contributed by atoms with Gasteiger partial charge < -0.3 is 10.1 Å². The number of rotatable bonds is 7. The van der Waals surface area contributed by atoms with Crippen LogP contribution in [-0.2, 0) is 4.74 Å². The smallest absolute Gasteiger partial charge is 0.137 e. The highest BCUT2D eigenvalue weighted by molar-refractivity contribution is 5.88. The Labute approximate surface area is 107 Å². The maximum Gasteiger partial charge on any atom is 0.137 e. The van der Waals surface area contributed by atoms with Gasteiger partial charge >= 0.3 is 0 Å². The predicted molar refractivity (Wildman–Crippen MR) is 73.8 cm³/mol. The molecule has 0 aliphatic heterocycles. The molecule has 18 heavy (non-hydrogen) atoms. The van der Waals surface area contributed by atoms with E-state index in [-0.39, 0.29) is 0 Å². The van der Waals surface area contributed by atoms with Crippen LogP contribution in [0.25, 0.3) is 10.9 Å². The van der Waals surface area contributed by atoms with Crippen LogP contribution in [0.4, 0.5) is 5.82 Å². The lowest BCUT2D eigenvalue weighted by Crippen LogP contribution is -2.05. The molecule has 0 saturated heterocycles. The molecule has 2 rings (SSSR count). The van der Waals surface area contributed by atoms with Gasteiger partial charge in [0.25, 0.3) is 0 Å². The molecule has 1 heterocycles. The van der Waals surface area contributed by atoms with Gasteiger partial charge in [-0.2, -0.15) is 0 Å². The Morgan fingerprint density at radius 2 is 2.06 bits per heavy atom. The largest absolute Gasteiger partial charge is 0.382 e. The number of nitrogens with zero attached hydrogens (tertiary/aromatic N) is 2. The lowest BCUT2D eigenvalue weighted by atomic mass is 10.2. The van der Waals surface area contributed by atoms with E-state index in [2.05, 4.69) is 15.3 Å². The first kappa shape index (κ1) is 12.8. The fourth-order valence-electron chi connectivity index (χ4n) is 1.83. The number of unbranched alkanes of at least 4 members (excludes halogenated alkanes) is 1. The molecule has 4 nitrogen and oxygen atoms in total. The van der Waals surface area contributed by atoms with Gasteiger partial charge in [0.1, 0.15) is 12.1 Å². The number of hydrogen-bond acceptors (Lipinski definition) is 4. The van der Waals surface area contributed by atoms with Crippen molar-refractivity contribution < 1.29 is 4.74 Å². The molecule has 0 aliphatic rings. The van der Waals surface area contributed by atoms with Crippen LogP contribution < -0.4 is 5.32 Å². The summed E-state index contributed by atoms with van der Waals surface area (Å²) in [4.78, 5) is 8.53. The van der Waals surface area contributed by atoms with Crippen molar-refractivity contribution in [2.24, 2.45) is 0 Å². The van der Waals surface area contributed by atoms with Crippen LogP contribution in [0.3, 0.4) is 0 Å². The van der Waals surface area contributed by atoms with Gasteiger partial charge in [-0.3, -0.25) is 0 Å². The molecule has 96 valence electrons. The average Bonchev–Trinajstić information content (AvgIpc) is 2.43. The Hall–Kier alpha value is -1.68. The molecule has 0 bridgehead atoms. The maximum absolute atomic E-state index is 5.30. The van der Waals surface area contributed by atoms with Crippen molar-refractivity contribution in [3.8, 4) is 0 Å². The normalized spacial score (nSPS) is 10.7. The summed E-state index contributed by atoms with van der Waals surface area (Å²) in [5.74, 6) is 0.914. The summed E-state index contributed by atoms with van der Waals surface area (Å²) in [6.45, 7) is 4.56. The lowest BCUT2D eigenvalue weighted by Gasteiger charge is -2.07. The van der Waals surface area contributed by atoms with Gasteiger partial charge in [0.2, 0.25) is 0 Å². The molecule has 0 radical (unpaired) electrons. The van der Waals surface area contributed by atoms with Crippen molar-refractivity contribution in [1.29, 1.82) is 0 Å². The van der Waals surface area contributed by atoms with Crippen LogP contribution in [0.5, 0.6) is 0 Å². The molecule has 0 aliphatic carbocycles. The van der Waals surface area contributed by atoms with Gasteiger partial charge in [-0.05, 0) is 31.9 Å². The number of benzene rings is 1. The molecule has 0 atom stereocenters. The Balaban J connectivity index is 1.88. The highest BCUT2D eigenvalue weighted by Gasteiger charge is 2.01. The zero-order chi connectivity index (χ0) is 12.6. The van der Waals surface area contributed by atoms with Gasteiger partial charge in [-0.15, -0.1) is 0 Å². The van der Waals surface area contributed by atoms with E-state index in [1.807, 2.05) is 31.2 Å². The zero-order valence-corrected chi connectivity index (χ0v) is 10.7. The predicted octanol–water partition coefficient (Wildman–Crippen LogP) is 2.86. The van der Waals surface area contributed by atoms with Crippen LogP contribution in [0.15, 0.2) is 30.6 Å². The first-order chi connectivity index (χ1) is 8.92. The molecular weight excluding hydrogens is 226 g/mol. The molecule has 0 unspecified atom stereocenters. The Morgan fingerprint density at radius 1 is 1.17 bits per heavy atom. The van der Waals surface area contributed by atoms with Gasteiger partial charge in [0.15, 0.2) is 0 Å². The summed E-state index contributed by atoms with van der Waals surface area (Å²) in [5, 5.41) is 4.43. The van der Waals surface area contributed by atoms with Crippen molar-refractivity contribution in [3.63, 3.8) is 0 Å². The number of aromatic nitrogens is 2. The summed E-state index contributed by atoms with van der Waals surface area (Å²) in [6, 6.07) is 8.03. The first-order valence-corrected chi connectivity index (χ1v) is 6.43. The summed E-state index contributed by atoms with van der Waals surface area (Å²) >= 11 is 0. The zero-order valence-electron chi connectivity index (χ0n) is 10.7. The third-order valence-corrected chi connectivity index (χ3v) is 2.75. The SMILES string of the molecule is CCOCCCCNc1ncnc2ccccc12. The van der Waals surface area contributed by atoms with E-state index in [0.29, 0.717) is 0 Å². The van der Waals surface area contributed by atoms with E-state index in [9.17, 15) is 0 Å². The van der Waals surface area contributed by atoms with Crippen molar-refractivity contribution >= 4 is 16.7 Å². The van der Waals surface area contributed by atoms with Crippen molar-refractivity contribution in [2.45, 2.75) is 19.8 Å². The molecule has 0 fully saturated rings. The van der Waals surface area contributed by atoms with E-state index in [4.69, 9.17) is 4.74 Å². The van der Waals surface area contributed by atoms with Crippen molar-refractivity contribution in [3.05, 3.63) is 30.6 Å². The second kappa shape index (κ2) is 6.91. The molecule has 1 aromatic heterocycles. The highest BCUT2D eigenvalue weighted by atomic mass is 16.5. The number of ether oxygens (including phenoxy) is 1. The Bertz CT molecular complexity index is 482. The van der Waals surface area contributed by atoms with Crippen LogP contribution in [0.1, 0.15) is 19.8 Å². The molecule has 2 aromatic rings. The average molecular weight is 245 g/mol. The van der Waals surface area contributed by atoms with Crippen LogP contribution in [0, 0.1) is 0 Å². The molecule has 0 saturated carbocycles. The molecule has 1 aromatic carbocycles. The number of nitrogens with one attached hydrogen (secondary N) is 1. The van der Waals surface area contributed by atoms with Crippen molar-refractivity contribution in [2.75, 3.05) is 25.1 Å². The summed E-state index contributed by atoms with van der Waals surface area (Å²) in [5.41, 5.74) is 0.976. The van der Waals surface area contributed by atoms with E-state index >= 15 is 0 Å². The quantitative estimate of drug-likeness (QED) is 0.762. The van der Waals surface area contributed by atoms with Gasteiger partial charge in [0, 0.05) is 25.1 Å². The minimum atomic E-state index is 0.796. The summed E-state index contributed by atoms with van der Waals surface area (Å²) in [6.07, 6.45) is 3.76. The van der Waals surface area contributed by atoms with Crippen molar-refractivity contribution in [1.82, 2.24) is 9.97 Å². The summed E-state index contributed by atoms with van der Waals surface area (Å²) in [7, 11) is 0. The molecule has 4 heteroatoms. The van der Waals surface area contributed by atoms with E-state index in [1.165, 1.54) is 0 Å². The number of hydrogen-bond donors (Lipinski definition) is 1. The topological polar surface area (TPSA) is 47.0 Å². The standard InChI is InChI=1S/C14H19N3O/c1-2-18-10-6-5-9-15-14-12-7-3-4-8-13(12)16-11-17-14/h3-4,7-8,11H,2,5-6,9-10H2,1H3,(H,15,16,17). The monoisotopic (exact) mass is 245 g/mol. The Kier molecular flexibility index (Phi) is 4.90. The maximum atomic E-state index is 5.30.